The van der Waals surface area contributed by atoms with Crippen molar-refractivity contribution in [2.45, 2.75) is 0 Å². The predicted octanol–water partition coefficient (Wildman–Crippen LogP) is 11.4. The Labute approximate surface area is 269 Å². The minimum atomic E-state index is 0.458. The lowest BCUT2D eigenvalue weighted by molar-refractivity contribution is 0.670. The maximum Gasteiger partial charge on any atom is 0.169 e. The molecule has 0 aliphatic carbocycles. The second kappa shape index (κ2) is 10.7. The van der Waals surface area contributed by atoms with Crippen LogP contribution in [0.5, 0.6) is 0 Å². The molecule has 0 amide bonds. The summed E-state index contributed by atoms with van der Waals surface area (Å²) in [6, 6.07) is 49.5. The molecule has 0 saturated carbocycles. The van der Waals surface area contributed by atoms with Gasteiger partial charge in [-0.25, -0.2) is 15.0 Å². The molecule has 0 spiro atoms. The fourth-order valence-corrected chi connectivity index (χ4v) is 6.54. The molecule has 0 fully saturated rings. The highest BCUT2D eigenvalue weighted by atomic mass is 35.5. The summed E-state index contributed by atoms with van der Waals surface area (Å²) in [6.45, 7) is 0. The number of halogens is 1. The molecule has 2 heterocycles. The summed E-state index contributed by atoms with van der Waals surface area (Å²) in [7, 11) is 0. The Hall–Kier alpha value is -5.84. The Morgan fingerprint density at radius 1 is 0.435 bits per heavy atom. The summed E-state index contributed by atoms with van der Waals surface area (Å²) in [4.78, 5) is 15.1. The molecular formula is C41H24ClN3O. The summed E-state index contributed by atoms with van der Waals surface area (Å²) in [5.74, 6) is 1.58. The molecule has 0 saturated heterocycles. The second-order valence-electron chi connectivity index (χ2n) is 11.4. The molecule has 0 unspecified atom stereocenters. The van der Waals surface area contributed by atoms with Gasteiger partial charge in [-0.1, -0.05) is 133 Å². The second-order valence-corrected chi connectivity index (χ2v) is 11.8. The van der Waals surface area contributed by atoms with Gasteiger partial charge in [-0.05, 0) is 56.9 Å². The summed E-state index contributed by atoms with van der Waals surface area (Å²) in [5, 5.41) is 7.06. The van der Waals surface area contributed by atoms with Gasteiger partial charge in [-0.3, -0.25) is 0 Å². The Kier molecular flexibility index (Phi) is 6.15. The summed E-state index contributed by atoms with van der Waals surface area (Å²) in [5.41, 5.74) is 6.13. The van der Waals surface area contributed by atoms with Gasteiger partial charge in [0.25, 0.3) is 0 Å². The van der Waals surface area contributed by atoms with E-state index in [4.69, 9.17) is 31.0 Å². The predicted molar refractivity (Wildman–Crippen MR) is 189 cm³/mol. The Balaban J connectivity index is 1.28. The van der Waals surface area contributed by atoms with E-state index in [-0.39, 0.29) is 0 Å². The molecule has 0 aliphatic heterocycles. The van der Waals surface area contributed by atoms with E-state index in [0.717, 1.165) is 60.2 Å². The average molecular weight is 610 g/mol. The minimum Gasteiger partial charge on any atom is -0.455 e. The lowest BCUT2D eigenvalue weighted by Gasteiger charge is -2.11. The maximum absolute atomic E-state index is 6.99. The van der Waals surface area contributed by atoms with E-state index in [0.29, 0.717) is 33.6 Å². The minimum absolute atomic E-state index is 0.458. The smallest absolute Gasteiger partial charge is 0.169 e. The normalized spacial score (nSPS) is 11.6. The molecule has 216 valence electrons. The fourth-order valence-electron chi connectivity index (χ4n) is 6.31. The molecule has 0 aliphatic rings. The Bertz CT molecular complexity index is 2590. The van der Waals surface area contributed by atoms with Crippen LogP contribution in [0.25, 0.3) is 88.8 Å². The number of aromatic nitrogens is 3. The van der Waals surface area contributed by atoms with Crippen molar-refractivity contribution in [1.29, 1.82) is 0 Å². The van der Waals surface area contributed by atoms with Gasteiger partial charge in [0, 0.05) is 21.9 Å². The molecule has 9 rings (SSSR count). The van der Waals surface area contributed by atoms with Crippen molar-refractivity contribution >= 4 is 55.1 Å². The number of nitrogens with zero attached hydrogens (tertiary/aromatic N) is 3. The van der Waals surface area contributed by atoms with Crippen LogP contribution in [-0.2, 0) is 0 Å². The van der Waals surface area contributed by atoms with Crippen molar-refractivity contribution < 1.29 is 4.42 Å². The van der Waals surface area contributed by atoms with Crippen molar-refractivity contribution in [2.24, 2.45) is 0 Å². The molecule has 0 N–H and O–H groups in total. The van der Waals surface area contributed by atoms with Gasteiger partial charge >= 0.3 is 0 Å². The number of furan rings is 1. The SMILES string of the molecule is Clc1ccc2c(oc3ccc4ccccc4c32)c1-c1nc(-c2ccc(-c3ccccc3)cc2)nc(-c2ccc3ccccc3c2)n1. The van der Waals surface area contributed by atoms with Gasteiger partial charge in [-0.15, -0.1) is 0 Å². The molecule has 7 aromatic carbocycles. The zero-order valence-corrected chi connectivity index (χ0v) is 25.2. The maximum atomic E-state index is 6.99. The van der Waals surface area contributed by atoms with Crippen LogP contribution in [0.2, 0.25) is 5.02 Å². The number of hydrogen-bond donors (Lipinski definition) is 0. The quantitative estimate of drug-likeness (QED) is 0.199. The van der Waals surface area contributed by atoms with Crippen LogP contribution < -0.4 is 0 Å². The fraction of sp³-hybridized carbons (Fsp3) is 0. The first-order chi connectivity index (χ1) is 22.7. The summed E-state index contributed by atoms with van der Waals surface area (Å²) in [6.07, 6.45) is 0. The number of fused-ring (bicyclic) bond motifs is 6. The van der Waals surface area contributed by atoms with Crippen molar-refractivity contribution in [1.82, 2.24) is 15.0 Å². The summed E-state index contributed by atoms with van der Waals surface area (Å²) >= 11 is 6.99. The number of hydrogen-bond acceptors (Lipinski definition) is 4. The number of benzene rings is 7. The van der Waals surface area contributed by atoms with Crippen LogP contribution in [0.15, 0.2) is 150 Å². The third-order valence-electron chi connectivity index (χ3n) is 8.60. The van der Waals surface area contributed by atoms with Gasteiger partial charge < -0.3 is 4.42 Å². The molecule has 46 heavy (non-hydrogen) atoms. The molecule has 0 radical (unpaired) electrons. The standard InChI is InChI=1S/C41H24ClN3O/c42-34-22-21-33-36-32-13-7-6-11-28(32)20-23-35(36)46-38(33)37(34)41-44-39(29-17-14-27(15-18-29)25-8-2-1-3-9-25)43-40(45-41)31-19-16-26-10-4-5-12-30(26)24-31/h1-24H. The van der Waals surface area contributed by atoms with Gasteiger partial charge in [0.05, 0.1) is 10.6 Å². The van der Waals surface area contributed by atoms with E-state index in [1.807, 2.05) is 54.6 Å². The first kappa shape index (κ1) is 26.6. The zero-order chi connectivity index (χ0) is 30.6. The van der Waals surface area contributed by atoms with Crippen LogP contribution in [0, 0.1) is 0 Å². The van der Waals surface area contributed by atoms with E-state index >= 15 is 0 Å². The molecular weight excluding hydrogens is 586 g/mol. The zero-order valence-electron chi connectivity index (χ0n) is 24.5. The van der Waals surface area contributed by atoms with Crippen LogP contribution in [-0.4, -0.2) is 15.0 Å². The highest BCUT2D eigenvalue weighted by Crippen LogP contribution is 2.42. The topological polar surface area (TPSA) is 51.8 Å². The van der Waals surface area contributed by atoms with Crippen molar-refractivity contribution in [3.63, 3.8) is 0 Å². The van der Waals surface area contributed by atoms with Crippen LogP contribution >= 0.6 is 11.6 Å². The van der Waals surface area contributed by atoms with Gasteiger partial charge in [0.2, 0.25) is 0 Å². The molecule has 9 aromatic rings. The van der Waals surface area contributed by atoms with E-state index in [2.05, 4.69) is 91.0 Å². The lowest BCUT2D eigenvalue weighted by atomic mass is 10.0. The Morgan fingerprint density at radius 3 is 1.87 bits per heavy atom. The van der Waals surface area contributed by atoms with Crippen molar-refractivity contribution in [2.75, 3.05) is 0 Å². The van der Waals surface area contributed by atoms with Crippen molar-refractivity contribution in [3.05, 3.63) is 151 Å². The highest BCUT2D eigenvalue weighted by Gasteiger charge is 2.21. The summed E-state index contributed by atoms with van der Waals surface area (Å²) < 4.78 is 6.56. The van der Waals surface area contributed by atoms with Gasteiger partial charge in [-0.2, -0.15) is 0 Å². The average Bonchev–Trinajstić information content (AvgIpc) is 3.51. The molecule has 0 bridgehead atoms. The largest absolute Gasteiger partial charge is 0.455 e. The monoisotopic (exact) mass is 609 g/mol. The molecule has 2 aromatic heterocycles. The van der Waals surface area contributed by atoms with Crippen LogP contribution in [0.1, 0.15) is 0 Å². The van der Waals surface area contributed by atoms with E-state index in [1.165, 1.54) is 0 Å². The van der Waals surface area contributed by atoms with Crippen molar-refractivity contribution in [3.8, 4) is 45.3 Å². The van der Waals surface area contributed by atoms with Gasteiger partial charge in [0.15, 0.2) is 17.5 Å². The molecule has 4 nitrogen and oxygen atoms in total. The van der Waals surface area contributed by atoms with Crippen LogP contribution in [0.3, 0.4) is 0 Å². The third kappa shape index (κ3) is 4.42. The molecule has 0 atom stereocenters. The van der Waals surface area contributed by atoms with E-state index in [1.54, 1.807) is 0 Å². The Morgan fingerprint density at radius 2 is 1.04 bits per heavy atom. The first-order valence-corrected chi connectivity index (χ1v) is 15.5. The third-order valence-corrected chi connectivity index (χ3v) is 8.91. The lowest BCUT2D eigenvalue weighted by Crippen LogP contribution is -2.01. The van der Waals surface area contributed by atoms with Crippen LogP contribution in [0.4, 0.5) is 0 Å². The van der Waals surface area contributed by atoms with Gasteiger partial charge in [0.1, 0.15) is 11.2 Å². The van der Waals surface area contributed by atoms with E-state index in [9.17, 15) is 0 Å². The number of rotatable bonds is 4. The highest BCUT2D eigenvalue weighted by molar-refractivity contribution is 6.35. The first-order valence-electron chi connectivity index (χ1n) is 15.1. The molecule has 5 heteroatoms. The van der Waals surface area contributed by atoms with E-state index < -0.39 is 0 Å².